The minimum absolute atomic E-state index is 0.0366. The summed E-state index contributed by atoms with van der Waals surface area (Å²) >= 11 is 0. The van der Waals surface area contributed by atoms with Crippen molar-refractivity contribution in [3.63, 3.8) is 0 Å². The van der Waals surface area contributed by atoms with E-state index in [4.69, 9.17) is 37.9 Å². The molecule has 0 radical (unpaired) electrons. The van der Waals surface area contributed by atoms with Crippen LogP contribution in [0.15, 0.2) is 42.1 Å². The first-order valence-electron chi connectivity index (χ1n) is 23.9. The number of likely N-dealkylation sites (N-methyl/N-ethyl adjacent to an activating group) is 1. The van der Waals surface area contributed by atoms with E-state index in [1.54, 1.807) is 44.3 Å². The number of nitrogens with zero attached hydrogens (tertiary/aromatic N) is 4. The number of carbonyl (C=O) groups excluding carboxylic acids is 2. The number of allylic oxidation sites excluding steroid dienone is 2. The molecular formula is C49H71FN4O11. The molecule has 7 unspecified atom stereocenters. The van der Waals surface area contributed by atoms with Crippen LogP contribution in [0.25, 0.3) is 11.3 Å². The number of halogens is 1. The number of aliphatic hydroxyl groups excluding tert-OH is 1. The van der Waals surface area contributed by atoms with E-state index in [1.165, 1.54) is 12.1 Å². The van der Waals surface area contributed by atoms with Gasteiger partial charge in [-0.25, -0.2) is 9.07 Å². The molecule has 0 spiro atoms. The van der Waals surface area contributed by atoms with Gasteiger partial charge in [0.25, 0.3) is 0 Å². The number of benzene rings is 1. The van der Waals surface area contributed by atoms with E-state index in [0.29, 0.717) is 48.9 Å². The second-order valence-corrected chi connectivity index (χ2v) is 19.7. The third kappa shape index (κ3) is 9.76. The van der Waals surface area contributed by atoms with Crippen LogP contribution in [-0.4, -0.2) is 146 Å². The Bertz CT molecular complexity index is 1970. The van der Waals surface area contributed by atoms with Crippen LogP contribution < -0.4 is 0 Å². The van der Waals surface area contributed by atoms with Crippen molar-refractivity contribution in [3.05, 3.63) is 47.9 Å². The molecule has 8 rings (SSSR count). The first-order valence-corrected chi connectivity index (χ1v) is 23.9. The number of Topliss-reactive ketones (excluding diaryl/α,β-unsaturated/α-hetero) is 1. The van der Waals surface area contributed by atoms with Crippen molar-refractivity contribution >= 4 is 11.8 Å². The van der Waals surface area contributed by atoms with E-state index in [9.17, 15) is 14.3 Å². The zero-order chi connectivity index (χ0) is 46.3. The Morgan fingerprint density at radius 3 is 2.29 bits per heavy atom. The number of methoxy groups -OCH3 is 3. The van der Waals surface area contributed by atoms with Gasteiger partial charge in [0.1, 0.15) is 35.9 Å². The number of aromatic nitrogens is 3. The topological polar surface area (TPSA) is 162 Å². The number of ether oxygens (including phenoxy) is 8. The molecule has 0 bridgehead atoms. The predicted molar refractivity (Wildman–Crippen MR) is 236 cm³/mol. The van der Waals surface area contributed by atoms with Gasteiger partial charge in [0.15, 0.2) is 18.4 Å². The Morgan fingerprint density at radius 1 is 0.892 bits per heavy atom. The number of rotatable bonds is 11. The number of cyclic esters (lactones) is 1. The molecule has 6 aliphatic rings. The molecule has 65 heavy (non-hydrogen) atoms. The average Bonchev–Trinajstić information content (AvgIpc) is 4.03. The van der Waals surface area contributed by atoms with E-state index >= 15 is 4.79 Å². The highest BCUT2D eigenvalue weighted by Crippen LogP contribution is 2.60. The summed E-state index contributed by atoms with van der Waals surface area (Å²) in [6, 6.07) is 5.73. The standard InChI is InChI=1S/C49H71FN4O11/c1-10-30-12-11-13-39(65-41-19-18-38(53(5)6)26(3)61-41)25(2)44(56)36-22-33-32-20-31(64-49-48(60-9)47(59-8)46(58-7)27(4)62-49)21-35(32)43(45(57)42(33)34(36)23-40(55)63-30)54-24-37(51-52-54)28-14-16-29(50)17-15-28/h14-17,22,24-27,30-35,38-39,41-43,45-49,57H,10-13,18-21,23H2,1-9H3/t25-,26?,27?,30+,31+,32+,33+,34-,35-,38+,39+,41?,42-,43?,45?,46+,47?,48?,49+/m1/s1. The summed E-state index contributed by atoms with van der Waals surface area (Å²) in [4.78, 5) is 31.4. The number of hydrogen-bond donors (Lipinski definition) is 1. The van der Waals surface area contributed by atoms with Crippen LogP contribution in [0.2, 0.25) is 0 Å². The molecule has 3 aliphatic carbocycles. The Kier molecular flexibility index (Phi) is 15.3. The van der Waals surface area contributed by atoms with Crippen LogP contribution in [0.1, 0.15) is 91.5 Å². The molecule has 4 heterocycles. The zero-order valence-electron chi connectivity index (χ0n) is 39.5. The van der Waals surface area contributed by atoms with Gasteiger partial charge in [-0.3, -0.25) is 9.59 Å². The van der Waals surface area contributed by atoms with Crippen molar-refractivity contribution in [2.45, 2.75) is 165 Å². The normalized spacial score (nSPS) is 41.5. The highest BCUT2D eigenvalue weighted by atomic mass is 19.1. The molecule has 19 atom stereocenters. The van der Waals surface area contributed by atoms with Gasteiger partial charge in [-0.15, -0.1) is 5.10 Å². The lowest BCUT2D eigenvalue weighted by Crippen LogP contribution is -2.59. The fourth-order valence-electron chi connectivity index (χ4n) is 12.5. The summed E-state index contributed by atoms with van der Waals surface area (Å²) in [5.41, 5.74) is 1.75. The molecule has 360 valence electrons. The van der Waals surface area contributed by atoms with Crippen LogP contribution in [0.3, 0.4) is 0 Å². The largest absolute Gasteiger partial charge is 0.462 e. The summed E-state index contributed by atoms with van der Waals surface area (Å²) in [6.45, 7) is 7.96. The lowest BCUT2D eigenvalue weighted by Gasteiger charge is -2.46. The average molecular weight is 911 g/mol. The van der Waals surface area contributed by atoms with Gasteiger partial charge in [-0.1, -0.05) is 25.1 Å². The van der Waals surface area contributed by atoms with Crippen molar-refractivity contribution < 1.29 is 57.0 Å². The summed E-state index contributed by atoms with van der Waals surface area (Å²) in [7, 11) is 8.97. The van der Waals surface area contributed by atoms with Crippen molar-refractivity contribution in [2.75, 3.05) is 35.4 Å². The van der Waals surface area contributed by atoms with Crippen LogP contribution in [0.4, 0.5) is 4.39 Å². The number of hydrogen-bond acceptors (Lipinski definition) is 14. The summed E-state index contributed by atoms with van der Waals surface area (Å²) in [5.74, 6) is -3.05. The molecule has 0 amide bonds. The maximum Gasteiger partial charge on any atom is 0.306 e. The molecule has 5 fully saturated rings. The molecule has 1 aromatic carbocycles. The van der Waals surface area contributed by atoms with Crippen LogP contribution in [0.5, 0.6) is 0 Å². The SMILES string of the molecule is CC[C@H]1CCC[C@H](OC2CC[C@H](N(C)C)C(C)O2)[C@@H](C)C(=O)C2=C[C@H]3[C@@H]4C[C@H](O[C@@H]5OC(C)[C@H](OC)C(OC)C5OC)C[C@H]4C(n4cc(-c5ccc(F)cc5)nn4)C(O)[C@H]3[C@@H]2CC(=O)O1. The Labute approximate surface area is 382 Å². The highest BCUT2D eigenvalue weighted by Gasteiger charge is 2.60. The monoisotopic (exact) mass is 911 g/mol. The molecule has 2 aromatic rings. The summed E-state index contributed by atoms with van der Waals surface area (Å²) in [6.07, 6.45) is 4.10. The molecule has 15 nitrogen and oxygen atoms in total. The molecule has 16 heteroatoms. The number of carbonyl (C=O) groups is 2. The Balaban J connectivity index is 1.13. The predicted octanol–water partition coefficient (Wildman–Crippen LogP) is 5.93. The van der Waals surface area contributed by atoms with E-state index in [1.807, 2.05) is 20.8 Å². The Morgan fingerprint density at radius 2 is 1.62 bits per heavy atom. The second-order valence-electron chi connectivity index (χ2n) is 19.7. The maximum absolute atomic E-state index is 15.2. The minimum atomic E-state index is -1.04. The van der Waals surface area contributed by atoms with E-state index in [0.717, 1.165) is 19.3 Å². The number of esters is 1. The molecule has 3 saturated heterocycles. The first-order chi connectivity index (χ1) is 31.2. The lowest BCUT2D eigenvalue weighted by molar-refractivity contribution is -0.314. The van der Waals surface area contributed by atoms with E-state index in [-0.39, 0.29) is 78.3 Å². The molecular weight excluding hydrogens is 840 g/mol. The summed E-state index contributed by atoms with van der Waals surface area (Å²) in [5, 5.41) is 22.0. The maximum atomic E-state index is 15.2. The van der Waals surface area contributed by atoms with Gasteiger partial charge in [0.2, 0.25) is 0 Å². The summed E-state index contributed by atoms with van der Waals surface area (Å²) < 4.78 is 66.0. The second kappa shape index (κ2) is 20.6. The molecule has 1 aromatic heterocycles. The fraction of sp³-hybridized carbons (Fsp3) is 0.755. The van der Waals surface area contributed by atoms with Gasteiger partial charge in [-0.2, -0.15) is 0 Å². The molecule has 3 aliphatic heterocycles. The third-order valence-corrected chi connectivity index (χ3v) is 15.8. The third-order valence-electron chi connectivity index (χ3n) is 15.8. The molecule has 2 saturated carbocycles. The number of ketones is 1. The first kappa shape index (κ1) is 48.3. The number of aliphatic hydroxyl groups is 1. The van der Waals surface area contributed by atoms with E-state index < -0.39 is 60.8 Å². The molecule has 1 N–H and O–H groups in total. The fourth-order valence-corrected chi connectivity index (χ4v) is 12.5. The van der Waals surface area contributed by atoms with Gasteiger partial charge in [0, 0.05) is 50.7 Å². The van der Waals surface area contributed by atoms with Crippen LogP contribution >= 0.6 is 0 Å². The van der Waals surface area contributed by atoms with Crippen LogP contribution in [0, 0.1) is 41.3 Å². The van der Waals surface area contributed by atoms with Crippen molar-refractivity contribution in [1.29, 1.82) is 0 Å². The number of fused-ring (bicyclic) bond motifs is 5. The lowest BCUT2D eigenvalue weighted by atomic mass is 9.62. The van der Waals surface area contributed by atoms with Crippen molar-refractivity contribution in [1.82, 2.24) is 19.9 Å². The van der Waals surface area contributed by atoms with Crippen molar-refractivity contribution in [3.8, 4) is 11.3 Å². The minimum Gasteiger partial charge on any atom is -0.462 e. The quantitative estimate of drug-likeness (QED) is 0.264. The highest BCUT2D eigenvalue weighted by molar-refractivity contribution is 5.99. The van der Waals surface area contributed by atoms with E-state index in [2.05, 4.69) is 42.3 Å². The van der Waals surface area contributed by atoms with Gasteiger partial charge >= 0.3 is 5.97 Å². The Hall–Kier alpha value is -3.19. The van der Waals surface area contributed by atoms with Crippen molar-refractivity contribution in [2.24, 2.45) is 35.5 Å². The zero-order valence-corrected chi connectivity index (χ0v) is 39.5. The van der Waals surface area contributed by atoms with Gasteiger partial charge < -0.3 is 47.9 Å². The smallest absolute Gasteiger partial charge is 0.306 e. The van der Waals surface area contributed by atoms with Gasteiger partial charge in [0.05, 0.1) is 49.2 Å². The van der Waals surface area contributed by atoms with Crippen LogP contribution in [-0.2, 0) is 47.5 Å². The van der Waals surface area contributed by atoms with Gasteiger partial charge in [-0.05, 0) is 127 Å².